The number of benzene rings is 2. The number of anilines is 1. The third kappa shape index (κ3) is 4.63. The molecule has 0 bridgehead atoms. The third-order valence-corrected chi connectivity index (χ3v) is 3.99. The highest BCUT2D eigenvalue weighted by Gasteiger charge is 2.09. The van der Waals surface area contributed by atoms with Gasteiger partial charge in [-0.2, -0.15) is 0 Å². The average Bonchev–Trinajstić information content (AvgIpc) is 2.67. The van der Waals surface area contributed by atoms with E-state index in [0.717, 1.165) is 11.1 Å². The van der Waals surface area contributed by atoms with E-state index in [4.69, 9.17) is 0 Å². The summed E-state index contributed by atoms with van der Waals surface area (Å²) in [5, 5.41) is 5.97. The summed E-state index contributed by atoms with van der Waals surface area (Å²) in [6.07, 6.45) is 1.35. The van der Waals surface area contributed by atoms with Gasteiger partial charge in [0.15, 0.2) is 0 Å². The van der Waals surface area contributed by atoms with Crippen molar-refractivity contribution in [2.45, 2.75) is 20.0 Å². The molecule has 0 fully saturated rings. The van der Waals surface area contributed by atoms with Crippen LogP contribution in [0.4, 0.5) is 10.2 Å². The second kappa shape index (κ2) is 8.20. The number of halogens is 1. The van der Waals surface area contributed by atoms with Crippen LogP contribution in [-0.4, -0.2) is 15.9 Å². The Hall–Kier alpha value is -3.28. The quantitative estimate of drug-likeness (QED) is 0.714. The fraction of sp³-hybridized carbons (Fsp3) is 0.150. The Balaban J connectivity index is 1.60. The zero-order chi connectivity index (χ0) is 18.4. The molecule has 3 rings (SSSR count). The van der Waals surface area contributed by atoms with Gasteiger partial charge < -0.3 is 10.6 Å². The summed E-state index contributed by atoms with van der Waals surface area (Å²) in [5.74, 6) is -0.0360. The van der Waals surface area contributed by atoms with Crippen molar-refractivity contribution in [3.63, 3.8) is 0 Å². The molecule has 26 heavy (non-hydrogen) atoms. The first-order valence-corrected chi connectivity index (χ1v) is 8.25. The number of hydrogen-bond donors (Lipinski definition) is 2. The number of aromatic nitrogens is 2. The summed E-state index contributed by atoms with van der Waals surface area (Å²) in [6, 6.07) is 15.7. The number of carbonyl (C=O) groups is 1. The number of nitrogens with zero attached hydrogens (tertiary/aromatic N) is 2. The Kier molecular flexibility index (Phi) is 5.53. The van der Waals surface area contributed by atoms with Gasteiger partial charge in [0.05, 0.1) is 0 Å². The average molecular weight is 350 g/mol. The minimum atomic E-state index is -0.310. The van der Waals surface area contributed by atoms with E-state index >= 15 is 0 Å². The van der Waals surface area contributed by atoms with Crippen LogP contribution in [0.15, 0.2) is 60.9 Å². The van der Waals surface area contributed by atoms with Gasteiger partial charge >= 0.3 is 0 Å². The molecule has 3 aromatic rings. The first-order valence-electron chi connectivity index (χ1n) is 8.25. The summed E-state index contributed by atoms with van der Waals surface area (Å²) < 4.78 is 12.9. The maximum absolute atomic E-state index is 12.9. The summed E-state index contributed by atoms with van der Waals surface area (Å²) in [5.41, 5.74) is 3.43. The summed E-state index contributed by atoms with van der Waals surface area (Å²) in [6.45, 7) is 2.96. The van der Waals surface area contributed by atoms with Crippen LogP contribution in [0.3, 0.4) is 0 Å². The molecule has 0 atom stereocenters. The lowest BCUT2D eigenvalue weighted by Gasteiger charge is -2.09. The van der Waals surface area contributed by atoms with E-state index in [0.29, 0.717) is 18.9 Å². The van der Waals surface area contributed by atoms with Crippen molar-refractivity contribution >= 4 is 11.7 Å². The highest BCUT2D eigenvalue weighted by molar-refractivity contribution is 5.92. The molecule has 1 aromatic heterocycles. The van der Waals surface area contributed by atoms with Crippen LogP contribution in [0.2, 0.25) is 0 Å². The molecule has 1 heterocycles. The van der Waals surface area contributed by atoms with Crippen molar-refractivity contribution in [3.8, 4) is 0 Å². The minimum absolute atomic E-state index is 0.273. The van der Waals surface area contributed by atoms with Gasteiger partial charge in [-0.05, 0) is 35.7 Å². The molecule has 0 radical (unpaired) electrons. The van der Waals surface area contributed by atoms with Gasteiger partial charge in [0.1, 0.15) is 23.7 Å². The Morgan fingerprint density at radius 1 is 1.04 bits per heavy atom. The molecule has 0 saturated carbocycles. The van der Waals surface area contributed by atoms with Gasteiger partial charge in [-0.25, -0.2) is 14.4 Å². The highest BCUT2D eigenvalue weighted by atomic mass is 19.1. The summed E-state index contributed by atoms with van der Waals surface area (Å²) >= 11 is 0. The molecule has 0 aliphatic carbocycles. The van der Waals surface area contributed by atoms with Crippen LogP contribution in [0.25, 0.3) is 0 Å². The van der Waals surface area contributed by atoms with Gasteiger partial charge in [0, 0.05) is 19.2 Å². The molecule has 2 N–H and O–H groups in total. The molecule has 5 nitrogen and oxygen atoms in total. The number of hydrogen-bond acceptors (Lipinski definition) is 4. The standard InChI is InChI=1S/C20H19FN4O/c1-14-4-2-3-5-16(14)12-22-19-10-18(24-13-25-19)20(26)23-11-15-6-8-17(21)9-7-15/h2-10,13H,11-12H2,1H3,(H,23,26)(H,22,24,25). The first-order chi connectivity index (χ1) is 12.6. The van der Waals surface area contributed by atoms with Gasteiger partial charge in [-0.15, -0.1) is 0 Å². The first kappa shape index (κ1) is 17.5. The second-order valence-corrected chi connectivity index (χ2v) is 5.88. The predicted octanol–water partition coefficient (Wildman–Crippen LogP) is 3.47. The van der Waals surface area contributed by atoms with E-state index in [2.05, 4.69) is 20.6 Å². The van der Waals surface area contributed by atoms with Crippen molar-refractivity contribution in [2.75, 3.05) is 5.32 Å². The number of rotatable bonds is 6. The largest absolute Gasteiger partial charge is 0.366 e. The zero-order valence-electron chi connectivity index (χ0n) is 14.4. The molecule has 0 saturated heterocycles. The van der Waals surface area contributed by atoms with Gasteiger partial charge in [-0.1, -0.05) is 36.4 Å². The molecule has 1 amide bonds. The van der Waals surface area contributed by atoms with Crippen LogP contribution < -0.4 is 10.6 Å². The monoisotopic (exact) mass is 350 g/mol. The van der Waals surface area contributed by atoms with E-state index in [1.807, 2.05) is 31.2 Å². The van der Waals surface area contributed by atoms with Gasteiger partial charge in [0.2, 0.25) is 0 Å². The van der Waals surface area contributed by atoms with E-state index in [1.54, 1.807) is 18.2 Å². The van der Waals surface area contributed by atoms with E-state index in [1.165, 1.54) is 24.0 Å². The lowest BCUT2D eigenvalue weighted by Crippen LogP contribution is -2.24. The Morgan fingerprint density at radius 3 is 2.58 bits per heavy atom. The Labute approximate surface area is 151 Å². The van der Waals surface area contributed by atoms with Crippen molar-refractivity contribution in [1.29, 1.82) is 0 Å². The maximum atomic E-state index is 12.9. The molecule has 132 valence electrons. The molecule has 2 aromatic carbocycles. The molecule has 0 unspecified atom stereocenters. The van der Waals surface area contributed by atoms with Crippen LogP contribution in [-0.2, 0) is 13.1 Å². The molecule has 0 aliphatic heterocycles. The normalized spacial score (nSPS) is 10.4. The van der Waals surface area contributed by atoms with E-state index in [-0.39, 0.29) is 17.4 Å². The molecular formula is C20H19FN4O. The van der Waals surface area contributed by atoms with Crippen molar-refractivity contribution in [1.82, 2.24) is 15.3 Å². The fourth-order valence-corrected chi connectivity index (χ4v) is 2.45. The van der Waals surface area contributed by atoms with Crippen LogP contribution >= 0.6 is 0 Å². The molecule has 6 heteroatoms. The van der Waals surface area contributed by atoms with E-state index in [9.17, 15) is 9.18 Å². The topological polar surface area (TPSA) is 66.9 Å². The fourth-order valence-electron chi connectivity index (χ4n) is 2.45. The molecule has 0 aliphatic rings. The van der Waals surface area contributed by atoms with Crippen molar-refractivity contribution in [3.05, 3.63) is 89.1 Å². The predicted molar refractivity (Wildman–Crippen MR) is 98.1 cm³/mol. The summed E-state index contributed by atoms with van der Waals surface area (Å²) in [7, 11) is 0. The van der Waals surface area contributed by atoms with Crippen LogP contribution in [0.5, 0.6) is 0 Å². The van der Waals surface area contributed by atoms with E-state index < -0.39 is 0 Å². The number of amides is 1. The maximum Gasteiger partial charge on any atom is 0.270 e. The summed E-state index contributed by atoms with van der Waals surface area (Å²) in [4.78, 5) is 20.4. The lowest BCUT2D eigenvalue weighted by atomic mass is 10.1. The van der Waals surface area contributed by atoms with Crippen molar-refractivity contribution in [2.24, 2.45) is 0 Å². The third-order valence-electron chi connectivity index (χ3n) is 3.99. The number of aryl methyl sites for hydroxylation is 1. The number of nitrogens with one attached hydrogen (secondary N) is 2. The van der Waals surface area contributed by atoms with Crippen LogP contribution in [0.1, 0.15) is 27.2 Å². The smallest absolute Gasteiger partial charge is 0.270 e. The van der Waals surface area contributed by atoms with Gasteiger partial charge in [-0.3, -0.25) is 4.79 Å². The second-order valence-electron chi connectivity index (χ2n) is 5.88. The van der Waals surface area contributed by atoms with Crippen molar-refractivity contribution < 1.29 is 9.18 Å². The Morgan fingerprint density at radius 2 is 1.81 bits per heavy atom. The molecular weight excluding hydrogens is 331 g/mol. The van der Waals surface area contributed by atoms with Crippen LogP contribution in [0, 0.1) is 12.7 Å². The molecule has 0 spiro atoms. The van der Waals surface area contributed by atoms with Gasteiger partial charge in [0.25, 0.3) is 5.91 Å². The Bertz CT molecular complexity index is 896. The SMILES string of the molecule is Cc1ccccc1CNc1cc(C(=O)NCc2ccc(F)cc2)ncn1. The minimum Gasteiger partial charge on any atom is -0.366 e. The highest BCUT2D eigenvalue weighted by Crippen LogP contribution is 2.11. The number of carbonyl (C=O) groups excluding carboxylic acids is 1. The zero-order valence-corrected chi connectivity index (χ0v) is 14.4. The lowest BCUT2D eigenvalue weighted by molar-refractivity contribution is 0.0946.